The van der Waals surface area contributed by atoms with Gasteiger partial charge < -0.3 is 10.2 Å². The Morgan fingerprint density at radius 3 is 2.45 bits per heavy atom. The van der Waals surface area contributed by atoms with Crippen LogP contribution in [-0.2, 0) is 9.59 Å². The maximum atomic E-state index is 12.0. The monoisotopic (exact) mass is 276 g/mol. The molecule has 0 aromatic heterocycles. The van der Waals surface area contributed by atoms with Crippen LogP contribution in [0, 0.1) is 0 Å². The summed E-state index contributed by atoms with van der Waals surface area (Å²) in [6, 6.07) is 9.74. The van der Waals surface area contributed by atoms with E-state index in [9.17, 15) is 9.59 Å². The maximum Gasteiger partial charge on any atom is 0.240 e. The standard InChI is InChI=1S/C16H24N2O2/c1-4-5-11-18(14(3)19)12-16(20)17-13(2)15-9-7-6-8-10-15/h6-10,13H,4-5,11-12H2,1-3H3,(H,17,20). The molecule has 1 unspecified atom stereocenters. The molecule has 20 heavy (non-hydrogen) atoms. The Balaban J connectivity index is 2.51. The van der Waals surface area contributed by atoms with Gasteiger partial charge in [0.25, 0.3) is 0 Å². The van der Waals surface area contributed by atoms with Gasteiger partial charge in [-0.2, -0.15) is 0 Å². The number of unbranched alkanes of at least 4 members (excludes halogenated alkanes) is 1. The van der Waals surface area contributed by atoms with Gasteiger partial charge in [0.1, 0.15) is 0 Å². The van der Waals surface area contributed by atoms with Crippen LogP contribution in [0.2, 0.25) is 0 Å². The number of benzene rings is 1. The lowest BCUT2D eigenvalue weighted by Crippen LogP contribution is -2.40. The molecule has 0 aliphatic carbocycles. The fourth-order valence-corrected chi connectivity index (χ4v) is 1.98. The highest BCUT2D eigenvalue weighted by atomic mass is 16.2. The summed E-state index contributed by atoms with van der Waals surface area (Å²) in [4.78, 5) is 25.1. The normalized spacial score (nSPS) is 11.8. The van der Waals surface area contributed by atoms with Gasteiger partial charge in [0.05, 0.1) is 12.6 Å². The van der Waals surface area contributed by atoms with E-state index in [2.05, 4.69) is 12.2 Å². The number of nitrogens with one attached hydrogen (secondary N) is 1. The van der Waals surface area contributed by atoms with Crippen molar-refractivity contribution in [2.24, 2.45) is 0 Å². The summed E-state index contributed by atoms with van der Waals surface area (Å²) in [6.45, 7) is 6.28. The third-order valence-corrected chi connectivity index (χ3v) is 3.24. The van der Waals surface area contributed by atoms with Crippen molar-refractivity contribution in [1.29, 1.82) is 0 Å². The van der Waals surface area contributed by atoms with E-state index in [-0.39, 0.29) is 24.4 Å². The first-order valence-corrected chi connectivity index (χ1v) is 7.14. The van der Waals surface area contributed by atoms with Gasteiger partial charge in [-0.05, 0) is 18.9 Å². The highest BCUT2D eigenvalue weighted by molar-refractivity contribution is 5.84. The predicted octanol–water partition coefficient (Wildman–Crippen LogP) is 2.51. The third kappa shape index (κ3) is 5.43. The SMILES string of the molecule is CCCCN(CC(=O)NC(C)c1ccccc1)C(C)=O. The average molecular weight is 276 g/mol. The molecule has 1 rings (SSSR count). The highest BCUT2D eigenvalue weighted by Gasteiger charge is 2.15. The number of carbonyl (C=O) groups is 2. The molecular weight excluding hydrogens is 252 g/mol. The summed E-state index contributed by atoms with van der Waals surface area (Å²) >= 11 is 0. The van der Waals surface area contributed by atoms with Crippen LogP contribution < -0.4 is 5.32 Å². The molecule has 0 saturated heterocycles. The molecule has 2 amide bonds. The van der Waals surface area contributed by atoms with E-state index in [0.29, 0.717) is 6.54 Å². The van der Waals surface area contributed by atoms with Crippen molar-refractivity contribution >= 4 is 11.8 Å². The van der Waals surface area contributed by atoms with Crippen LogP contribution >= 0.6 is 0 Å². The van der Waals surface area contributed by atoms with E-state index in [4.69, 9.17) is 0 Å². The highest BCUT2D eigenvalue weighted by Crippen LogP contribution is 2.10. The van der Waals surface area contributed by atoms with Crippen molar-refractivity contribution < 1.29 is 9.59 Å². The molecule has 1 N–H and O–H groups in total. The van der Waals surface area contributed by atoms with E-state index in [1.807, 2.05) is 37.3 Å². The Morgan fingerprint density at radius 2 is 1.90 bits per heavy atom. The van der Waals surface area contributed by atoms with Crippen molar-refractivity contribution in [3.8, 4) is 0 Å². The molecule has 4 heteroatoms. The second-order valence-corrected chi connectivity index (χ2v) is 4.99. The Bertz CT molecular complexity index is 431. The molecule has 0 bridgehead atoms. The summed E-state index contributed by atoms with van der Waals surface area (Å²) in [5.41, 5.74) is 1.06. The summed E-state index contributed by atoms with van der Waals surface area (Å²) in [6.07, 6.45) is 1.92. The number of rotatable bonds is 7. The number of hydrogen-bond donors (Lipinski definition) is 1. The third-order valence-electron chi connectivity index (χ3n) is 3.24. The lowest BCUT2D eigenvalue weighted by Gasteiger charge is -2.22. The lowest BCUT2D eigenvalue weighted by atomic mass is 10.1. The fourth-order valence-electron chi connectivity index (χ4n) is 1.98. The Morgan fingerprint density at radius 1 is 1.25 bits per heavy atom. The molecule has 1 aromatic carbocycles. The lowest BCUT2D eigenvalue weighted by molar-refractivity contribution is -0.134. The van der Waals surface area contributed by atoms with Gasteiger partial charge in [-0.3, -0.25) is 9.59 Å². The van der Waals surface area contributed by atoms with Gasteiger partial charge in [0.2, 0.25) is 11.8 Å². The van der Waals surface area contributed by atoms with Crippen molar-refractivity contribution in [1.82, 2.24) is 10.2 Å². The number of hydrogen-bond acceptors (Lipinski definition) is 2. The van der Waals surface area contributed by atoms with Crippen LogP contribution in [0.5, 0.6) is 0 Å². The molecule has 4 nitrogen and oxygen atoms in total. The van der Waals surface area contributed by atoms with Crippen molar-refractivity contribution in [3.05, 3.63) is 35.9 Å². The largest absolute Gasteiger partial charge is 0.348 e. The van der Waals surface area contributed by atoms with E-state index in [1.165, 1.54) is 6.92 Å². The summed E-state index contributed by atoms with van der Waals surface area (Å²) in [5, 5.41) is 2.93. The van der Waals surface area contributed by atoms with Crippen LogP contribution in [0.25, 0.3) is 0 Å². The van der Waals surface area contributed by atoms with E-state index < -0.39 is 0 Å². The van der Waals surface area contributed by atoms with Crippen molar-refractivity contribution in [2.45, 2.75) is 39.7 Å². The molecule has 0 fully saturated rings. The first-order chi connectivity index (χ1) is 9.54. The van der Waals surface area contributed by atoms with E-state index in [0.717, 1.165) is 18.4 Å². The first kappa shape index (κ1) is 16.2. The van der Waals surface area contributed by atoms with Crippen LogP contribution in [0.1, 0.15) is 45.2 Å². The molecule has 0 aliphatic heterocycles. The van der Waals surface area contributed by atoms with Gasteiger partial charge in [-0.1, -0.05) is 43.7 Å². The van der Waals surface area contributed by atoms with Crippen LogP contribution in [0.4, 0.5) is 0 Å². The topological polar surface area (TPSA) is 49.4 Å². The van der Waals surface area contributed by atoms with Gasteiger partial charge in [-0.25, -0.2) is 0 Å². The zero-order valence-electron chi connectivity index (χ0n) is 12.6. The zero-order chi connectivity index (χ0) is 15.0. The maximum absolute atomic E-state index is 12.0. The van der Waals surface area contributed by atoms with Crippen LogP contribution in [0.3, 0.4) is 0 Å². The van der Waals surface area contributed by atoms with Crippen LogP contribution in [-0.4, -0.2) is 29.8 Å². The molecule has 0 spiro atoms. The van der Waals surface area contributed by atoms with Gasteiger partial charge in [-0.15, -0.1) is 0 Å². The zero-order valence-corrected chi connectivity index (χ0v) is 12.6. The Labute approximate surface area is 121 Å². The molecule has 110 valence electrons. The minimum Gasteiger partial charge on any atom is -0.348 e. The molecule has 1 atom stereocenters. The number of amides is 2. The molecule has 1 aromatic rings. The summed E-state index contributed by atoms with van der Waals surface area (Å²) < 4.78 is 0. The van der Waals surface area contributed by atoms with Gasteiger partial charge in [0, 0.05) is 13.5 Å². The van der Waals surface area contributed by atoms with E-state index >= 15 is 0 Å². The summed E-state index contributed by atoms with van der Waals surface area (Å²) in [7, 11) is 0. The fraction of sp³-hybridized carbons (Fsp3) is 0.500. The second-order valence-electron chi connectivity index (χ2n) is 4.99. The number of nitrogens with zero attached hydrogens (tertiary/aromatic N) is 1. The first-order valence-electron chi connectivity index (χ1n) is 7.14. The average Bonchev–Trinajstić information content (AvgIpc) is 2.44. The van der Waals surface area contributed by atoms with Gasteiger partial charge >= 0.3 is 0 Å². The smallest absolute Gasteiger partial charge is 0.240 e. The van der Waals surface area contributed by atoms with E-state index in [1.54, 1.807) is 4.90 Å². The Kier molecular flexibility index (Phi) is 6.77. The molecular formula is C16H24N2O2. The second kappa shape index (κ2) is 8.35. The van der Waals surface area contributed by atoms with Crippen molar-refractivity contribution in [2.75, 3.05) is 13.1 Å². The summed E-state index contributed by atoms with van der Waals surface area (Å²) in [5.74, 6) is -0.173. The number of carbonyl (C=O) groups excluding carboxylic acids is 2. The van der Waals surface area contributed by atoms with Crippen LogP contribution in [0.15, 0.2) is 30.3 Å². The van der Waals surface area contributed by atoms with Crippen molar-refractivity contribution in [3.63, 3.8) is 0 Å². The molecule has 0 aliphatic rings. The molecule has 0 saturated carbocycles. The molecule has 0 heterocycles. The minimum absolute atomic E-state index is 0.0521. The molecule has 0 radical (unpaired) electrons. The Hall–Kier alpha value is -1.84. The predicted molar refractivity (Wildman–Crippen MR) is 80.2 cm³/mol. The minimum atomic E-state index is -0.118. The quantitative estimate of drug-likeness (QED) is 0.832. The van der Waals surface area contributed by atoms with Gasteiger partial charge in [0.15, 0.2) is 0 Å².